The third kappa shape index (κ3) is 4.63. The van der Waals surface area contributed by atoms with Crippen molar-refractivity contribution >= 4 is 23.3 Å². The minimum absolute atomic E-state index is 0.0115. The van der Waals surface area contributed by atoms with E-state index in [4.69, 9.17) is 5.26 Å². The number of aromatic amines is 1. The molecule has 13 heteroatoms. The van der Waals surface area contributed by atoms with Crippen LogP contribution in [0.2, 0.25) is 0 Å². The number of benzene rings is 1. The van der Waals surface area contributed by atoms with Gasteiger partial charge in [-0.2, -0.15) is 20.7 Å². The van der Waals surface area contributed by atoms with Crippen LogP contribution in [0, 0.1) is 17.1 Å². The average molecular weight is 485 g/mol. The number of aromatic nitrogens is 4. The van der Waals surface area contributed by atoms with Crippen molar-refractivity contribution in [3.63, 3.8) is 0 Å². The lowest BCUT2D eigenvalue weighted by Gasteiger charge is -2.27. The highest BCUT2D eigenvalue weighted by atomic mass is 19.3. The van der Waals surface area contributed by atoms with Crippen molar-refractivity contribution in [3.8, 4) is 6.07 Å². The van der Waals surface area contributed by atoms with Crippen molar-refractivity contribution in [1.29, 1.82) is 5.26 Å². The summed E-state index contributed by atoms with van der Waals surface area (Å²) >= 11 is 0. The number of amides is 2. The zero-order chi connectivity index (χ0) is 25.4. The van der Waals surface area contributed by atoms with Gasteiger partial charge in [-0.1, -0.05) is 0 Å². The van der Waals surface area contributed by atoms with E-state index >= 15 is 0 Å². The number of Topliss-reactive ketones (excluding diaryl/α,β-unsaturated/α-hetero) is 1. The summed E-state index contributed by atoms with van der Waals surface area (Å²) in [6, 6.07) is 6.26. The first-order valence-electron chi connectivity index (χ1n) is 10.3. The van der Waals surface area contributed by atoms with E-state index in [0.717, 1.165) is 18.2 Å². The number of nitrogens with zero attached hydrogens (tertiary/aromatic N) is 4. The lowest BCUT2D eigenvalue weighted by atomic mass is 9.93. The van der Waals surface area contributed by atoms with Gasteiger partial charge in [0.05, 0.1) is 17.3 Å². The Labute approximate surface area is 196 Å². The zero-order valence-corrected chi connectivity index (χ0v) is 18.2. The summed E-state index contributed by atoms with van der Waals surface area (Å²) in [5, 5.41) is 23.6. The Morgan fingerprint density at radius 1 is 1.23 bits per heavy atom. The maximum atomic E-state index is 14.0. The number of anilines is 1. The number of rotatable bonds is 6. The normalized spacial score (nSPS) is 18.6. The predicted octanol–water partition coefficient (Wildman–Crippen LogP) is 2.42. The Hall–Kier alpha value is -4.47. The van der Waals surface area contributed by atoms with Gasteiger partial charge >= 0.3 is 0 Å². The molecule has 1 aliphatic rings. The van der Waals surface area contributed by atoms with Crippen LogP contribution in [0.1, 0.15) is 51.4 Å². The van der Waals surface area contributed by atoms with Crippen LogP contribution in [0.5, 0.6) is 0 Å². The van der Waals surface area contributed by atoms with E-state index in [1.165, 1.54) is 30.1 Å². The number of ketones is 1. The van der Waals surface area contributed by atoms with Crippen LogP contribution in [-0.2, 0) is 17.4 Å². The first-order valence-corrected chi connectivity index (χ1v) is 10.3. The van der Waals surface area contributed by atoms with Crippen molar-refractivity contribution in [2.24, 2.45) is 7.05 Å². The quantitative estimate of drug-likeness (QED) is 0.361. The molecule has 0 aliphatic heterocycles. The van der Waals surface area contributed by atoms with E-state index in [0.29, 0.717) is 0 Å². The molecular formula is C22H18F3N7O3. The molecule has 1 fully saturated rings. The largest absolute Gasteiger partial charge is 0.346 e. The van der Waals surface area contributed by atoms with Crippen LogP contribution in [0.3, 0.4) is 0 Å². The van der Waals surface area contributed by atoms with E-state index in [-0.39, 0.29) is 34.6 Å². The molecule has 0 saturated heterocycles. The highest BCUT2D eigenvalue weighted by Crippen LogP contribution is 2.46. The van der Waals surface area contributed by atoms with Crippen LogP contribution in [0.15, 0.2) is 36.7 Å². The zero-order valence-electron chi connectivity index (χ0n) is 18.2. The molecule has 0 radical (unpaired) electrons. The van der Waals surface area contributed by atoms with Crippen LogP contribution in [0.4, 0.5) is 18.9 Å². The second-order valence-electron chi connectivity index (χ2n) is 8.24. The predicted molar refractivity (Wildman–Crippen MR) is 114 cm³/mol. The van der Waals surface area contributed by atoms with E-state index in [1.807, 2.05) is 0 Å². The van der Waals surface area contributed by atoms with Gasteiger partial charge in [0.25, 0.3) is 23.5 Å². The molecule has 35 heavy (non-hydrogen) atoms. The van der Waals surface area contributed by atoms with Gasteiger partial charge in [0.15, 0.2) is 0 Å². The topological polar surface area (TPSA) is 146 Å². The van der Waals surface area contributed by atoms with Gasteiger partial charge in [-0.05, 0) is 30.7 Å². The van der Waals surface area contributed by atoms with Gasteiger partial charge in [-0.25, -0.2) is 13.2 Å². The summed E-state index contributed by atoms with van der Waals surface area (Å²) in [5.74, 6) is -6.66. The van der Waals surface area contributed by atoms with Crippen LogP contribution >= 0.6 is 0 Å². The molecular weight excluding hydrogens is 467 g/mol. The van der Waals surface area contributed by atoms with Crippen LogP contribution in [0.25, 0.3) is 0 Å². The van der Waals surface area contributed by atoms with Gasteiger partial charge in [0.1, 0.15) is 23.3 Å². The summed E-state index contributed by atoms with van der Waals surface area (Å²) < 4.78 is 42.8. The average Bonchev–Trinajstić information content (AvgIpc) is 3.54. The van der Waals surface area contributed by atoms with Crippen molar-refractivity contribution in [2.75, 3.05) is 5.32 Å². The second-order valence-corrected chi connectivity index (χ2v) is 8.24. The molecule has 4 rings (SSSR count). The van der Waals surface area contributed by atoms with Gasteiger partial charge in [0.2, 0.25) is 0 Å². The van der Waals surface area contributed by atoms with Crippen molar-refractivity contribution in [3.05, 3.63) is 65.0 Å². The Kier molecular flexibility index (Phi) is 5.89. The Balaban J connectivity index is 1.52. The summed E-state index contributed by atoms with van der Waals surface area (Å²) in [7, 11) is 1.46. The summed E-state index contributed by atoms with van der Waals surface area (Å²) in [4.78, 5) is 38.2. The number of halogens is 3. The van der Waals surface area contributed by atoms with Gasteiger partial charge in [0, 0.05) is 37.3 Å². The SMILES string of the molecule is Cn1cc(C(=O)C(=O)NC2(c3cn[nH]n3)CCC(F)(F)C2)cc1C(=O)Nc1ccc(F)c(C#N)c1. The standard InChI is InChI=1S/C22H18F3N7O3/c1-32-10-13(7-16(32)19(34)28-14-2-3-15(23)12(6-14)8-26)18(33)20(35)29-21(17-9-27-31-30-17)4-5-22(24,25)11-21/h2-3,6-7,9-10H,4-5,11H2,1H3,(H,28,34)(H,29,35)(H,27,30,31). The molecule has 3 aromatic rings. The Bertz CT molecular complexity index is 1360. The molecule has 1 aromatic carbocycles. The molecule has 2 aromatic heterocycles. The van der Waals surface area contributed by atoms with E-state index in [2.05, 4.69) is 26.0 Å². The number of nitrogens with one attached hydrogen (secondary N) is 3. The molecule has 10 nitrogen and oxygen atoms in total. The molecule has 2 heterocycles. The van der Waals surface area contributed by atoms with Crippen molar-refractivity contribution in [2.45, 2.75) is 30.7 Å². The number of alkyl halides is 2. The molecule has 0 bridgehead atoms. The number of carbonyl (C=O) groups excluding carboxylic acids is 3. The third-order valence-corrected chi connectivity index (χ3v) is 5.79. The highest BCUT2D eigenvalue weighted by molar-refractivity contribution is 6.43. The maximum Gasteiger partial charge on any atom is 0.293 e. The molecule has 1 atom stereocenters. The number of hydrogen-bond acceptors (Lipinski definition) is 6. The summed E-state index contributed by atoms with van der Waals surface area (Å²) in [6.07, 6.45) is 1.08. The first kappa shape index (κ1) is 23.7. The Morgan fingerprint density at radius 3 is 2.63 bits per heavy atom. The van der Waals surface area contributed by atoms with Crippen LogP contribution < -0.4 is 10.6 Å². The summed E-state index contributed by atoms with van der Waals surface area (Å²) in [6.45, 7) is 0. The number of aryl methyl sites for hydroxylation is 1. The second kappa shape index (κ2) is 8.71. The van der Waals surface area contributed by atoms with Crippen molar-refractivity contribution < 1.29 is 27.6 Å². The van der Waals surface area contributed by atoms with Gasteiger partial charge in [-0.3, -0.25) is 14.4 Å². The molecule has 1 aliphatic carbocycles. The lowest BCUT2D eigenvalue weighted by molar-refractivity contribution is -0.119. The fourth-order valence-electron chi connectivity index (χ4n) is 4.04. The van der Waals surface area contributed by atoms with E-state index < -0.39 is 47.7 Å². The number of nitriles is 1. The van der Waals surface area contributed by atoms with Gasteiger partial charge < -0.3 is 15.2 Å². The monoisotopic (exact) mass is 485 g/mol. The molecule has 0 spiro atoms. The number of hydrogen-bond donors (Lipinski definition) is 3. The maximum absolute atomic E-state index is 14.0. The molecule has 2 amide bonds. The molecule has 1 saturated carbocycles. The number of carbonyl (C=O) groups is 3. The fraction of sp³-hybridized carbons (Fsp3) is 0.273. The minimum atomic E-state index is -3.06. The Morgan fingerprint density at radius 2 is 2.00 bits per heavy atom. The fourth-order valence-corrected chi connectivity index (χ4v) is 4.04. The van der Waals surface area contributed by atoms with Gasteiger partial charge in [-0.15, -0.1) is 0 Å². The van der Waals surface area contributed by atoms with E-state index in [9.17, 15) is 27.6 Å². The molecule has 3 N–H and O–H groups in total. The lowest BCUT2D eigenvalue weighted by Crippen LogP contribution is -2.47. The summed E-state index contributed by atoms with van der Waals surface area (Å²) in [5.41, 5.74) is -1.76. The van der Waals surface area contributed by atoms with E-state index in [1.54, 1.807) is 6.07 Å². The smallest absolute Gasteiger partial charge is 0.293 e. The minimum Gasteiger partial charge on any atom is -0.346 e. The molecule has 180 valence electrons. The molecule has 1 unspecified atom stereocenters. The third-order valence-electron chi connectivity index (χ3n) is 5.79. The highest BCUT2D eigenvalue weighted by Gasteiger charge is 2.53. The van der Waals surface area contributed by atoms with Crippen molar-refractivity contribution in [1.82, 2.24) is 25.3 Å². The first-order chi connectivity index (χ1) is 16.5. The van der Waals surface area contributed by atoms with Crippen LogP contribution in [-0.4, -0.2) is 43.5 Å². The number of H-pyrrole nitrogens is 1.